The molecule has 5 nitrogen and oxygen atoms in total. The van der Waals surface area contributed by atoms with Crippen LogP contribution >= 0.6 is 11.3 Å². The van der Waals surface area contributed by atoms with Crippen molar-refractivity contribution >= 4 is 33.0 Å². The largest absolute Gasteiger partial charge is 0.492 e. The summed E-state index contributed by atoms with van der Waals surface area (Å²) < 4.78 is 7.85. The van der Waals surface area contributed by atoms with Gasteiger partial charge in [-0.25, -0.2) is 0 Å². The zero-order chi connectivity index (χ0) is 17.1. The maximum absolute atomic E-state index is 12.5. The molecule has 0 aliphatic heterocycles. The van der Waals surface area contributed by atoms with Crippen LogP contribution in [0.1, 0.15) is 11.8 Å². The number of carbonyl (C=O) groups excluding carboxylic acids is 1. The number of aromatic nitrogens is 1. The van der Waals surface area contributed by atoms with E-state index in [0.29, 0.717) is 23.4 Å². The second-order valence-corrected chi connectivity index (χ2v) is 6.65. The van der Waals surface area contributed by atoms with Crippen molar-refractivity contribution in [3.8, 4) is 5.75 Å². The molecule has 0 atom stereocenters. The number of hydrogen-bond acceptors (Lipinski definition) is 4. The minimum Gasteiger partial charge on any atom is -0.492 e. The summed E-state index contributed by atoms with van der Waals surface area (Å²) in [5.41, 5.74) is 0.454. The second kappa shape index (κ2) is 6.88. The number of aryl methyl sites for hydroxylation is 1. The molecule has 6 heteroatoms. The van der Waals surface area contributed by atoms with E-state index in [1.165, 1.54) is 4.57 Å². The number of nitrogens with zero attached hydrogens (tertiary/aromatic N) is 1. The lowest BCUT2D eigenvalue weighted by molar-refractivity contribution is -0.116. The van der Waals surface area contributed by atoms with Crippen LogP contribution in [0, 0.1) is 6.92 Å². The molecular formula is C18H18N2O3S. The molecule has 0 saturated heterocycles. The van der Waals surface area contributed by atoms with Gasteiger partial charge >= 0.3 is 0 Å². The molecule has 3 rings (SSSR count). The Morgan fingerprint density at radius 3 is 2.88 bits per heavy atom. The first kappa shape index (κ1) is 16.3. The van der Waals surface area contributed by atoms with Crippen molar-refractivity contribution in [1.82, 2.24) is 4.57 Å². The molecule has 0 spiro atoms. The maximum Gasteiger partial charge on any atom is 0.259 e. The summed E-state index contributed by atoms with van der Waals surface area (Å²) in [6.07, 6.45) is 1.66. The minimum absolute atomic E-state index is 0.0376. The van der Waals surface area contributed by atoms with Gasteiger partial charge in [0, 0.05) is 15.8 Å². The van der Waals surface area contributed by atoms with Gasteiger partial charge in [0.2, 0.25) is 5.91 Å². The fourth-order valence-electron chi connectivity index (χ4n) is 2.52. The SMILES string of the molecule is CCOc1ccccc1NC(=O)Cn1ccc2sc(C)cc2c1=O. The molecular weight excluding hydrogens is 324 g/mol. The van der Waals surface area contributed by atoms with Crippen molar-refractivity contribution in [2.24, 2.45) is 0 Å². The van der Waals surface area contributed by atoms with Crippen LogP contribution in [0.4, 0.5) is 5.69 Å². The van der Waals surface area contributed by atoms with E-state index in [0.717, 1.165) is 9.58 Å². The molecule has 1 aromatic carbocycles. The topological polar surface area (TPSA) is 60.3 Å². The van der Waals surface area contributed by atoms with E-state index in [4.69, 9.17) is 4.74 Å². The Labute approximate surface area is 143 Å². The molecule has 24 heavy (non-hydrogen) atoms. The van der Waals surface area contributed by atoms with E-state index in [-0.39, 0.29) is 18.0 Å². The number of pyridine rings is 1. The molecule has 2 heterocycles. The Balaban J connectivity index is 1.80. The van der Waals surface area contributed by atoms with Crippen LogP contribution in [0.5, 0.6) is 5.75 Å². The molecule has 1 N–H and O–H groups in total. The highest BCUT2D eigenvalue weighted by atomic mass is 32.1. The number of hydrogen-bond donors (Lipinski definition) is 1. The Bertz CT molecular complexity index is 943. The molecule has 2 aromatic heterocycles. The first-order valence-electron chi connectivity index (χ1n) is 7.69. The van der Waals surface area contributed by atoms with Crippen molar-refractivity contribution < 1.29 is 9.53 Å². The number of rotatable bonds is 5. The van der Waals surface area contributed by atoms with Gasteiger partial charge in [-0.3, -0.25) is 9.59 Å². The number of thiophene rings is 1. The van der Waals surface area contributed by atoms with Gasteiger partial charge in [0.1, 0.15) is 12.3 Å². The van der Waals surface area contributed by atoms with Crippen LogP contribution < -0.4 is 15.6 Å². The summed E-state index contributed by atoms with van der Waals surface area (Å²) >= 11 is 1.57. The molecule has 1 amide bonds. The highest BCUT2D eigenvalue weighted by molar-refractivity contribution is 7.18. The van der Waals surface area contributed by atoms with E-state index in [1.807, 2.05) is 38.1 Å². The molecule has 0 bridgehead atoms. The normalized spacial score (nSPS) is 10.8. The predicted molar refractivity (Wildman–Crippen MR) is 97.1 cm³/mol. The maximum atomic E-state index is 12.5. The lowest BCUT2D eigenvalue weighted by Crippen LogP contribution is -2.27. The number of ether oxygens (including phenoxy) is 1. The highest BCUT2D eigenvalue weighted by Gasteiger charge is 2.11. The monoisotopic (exact) mass is 342 g/mol. The summed E-state index contributed by atoms with van der Waals surface area (Å²) in [6, 6.07) is 11.0. The van der Waals surface area contributed by atoms with Gasteiger partial charge < -0.3 is 14.6 Å². The van der Waals surface area contributed by atoms with Gasteiger partial charge in [-0.1, -0.05) is 12.1 Å². The standard InChI is InChI=1S/C18H18N2O3S/c1-3-23-15-7-5-4-6-14(15)19-17(21)11-20-9-8-16-13(18(20)22)10-12(2)24-16/h4-10H,3,11H2,1-2H3,(H,19,21). The second-order valence-electron chi connectivity index (χ2n) is 5.36. The van der Waals surface area contributed by atoms with Crippen molar-refractivity contribution in [3.63, 3.8) is 0 Å². The Morgan fingerprint density at radius 1 is 1.29 bits per heavy atom. The third-order valence-corrected chi connectivity index (χ3v) is 4.57. The van der Waals surface area contributed by atoms with Gasteiger partial charge in [-0.05, 0) is 38.1 Å². The third-order valence-electron chi connectivity index (χ3n) is 3.56. The smallest absolute Gasteiger partial charge is 0.259 e. The van der Waals surface area contributed by atoms with E-state index >= 15 is 0 Å². The van der Waals surface area contributed by atoms with Crippen LogP contribution in [0.25, 0.3) is 10.1 Å². The number of anilines is 1. The highest BCUT2D eigenvalue weighted by Crippen LogP contribution is 2.24. The first-order valence-corrected chi connectivity index (χ1v) is 8.51. The number of carbonyl (C=O) groups is 1. The average molecular weight is 342 g/mol. The number of amides is 1. The van der Waals surface area contributed by atoms with E-state index in [2.05, 4.69) is 5.32 Å². The van der Waals surface area contributed by atoms with Crippen molar-refractivity contribution in [2.75, 3.05) is 11.9 Å². The molecule has 0 radical (unpaired) electrons. The Morgan fingerprint density at radius 2 is 2.08 bits per heavy atom. The van der Waals surface area contributed by atoms with Crippen LogP contribution in [0.3, 0.4) is 0 Å². The summed E-state index contributed by atoms with van der Waals surface area (Å²) in [6.45, 7) is 4.33. The number of fused-ring (bicyclic) bond motifs is 1. The van der Waals surface area contributed by atoms with Crippen molar-refractivity contribution in [1.29, 1.82) is 0 Å². The van der Waals surface area contributed by atoms with Crippen molar-refractivity contribution in [2.45, 2.75) is 20.4 Å². The van der Waals surface area contributed by atoms with E-state index in [1.54, 1.807) is 29.7 Å². The molecule has 0 saturated carbocycles. The van der Waals surface area contributed by atoms with Gasteiger partial charge in [0.05, 0.1) is 17.7 Å². The molecule has 0 fully saturated rings. The number of para-hydroxylation sites is 2. The van der Waals surface area contributed by atoms with Crippen molar-refractivity contribution in [3.05, 3.63) is 57.8 Å². The minimum atomic E-state index is -0.268. The first-order chi connectivity index (χ1) is 11.6. The summed E-state index contributed by atoms with van der Waals surface area (Å²) in [5, 5.41) is 3.46. The van der Waals surface area contributed by atoms with Crippen LogP contribution in [0.2, 0.25) is 0 Å². The fraction of sp³-hybridized carbons (Fsp3) is 0.222. The van der Waals surface area contributed by atoms with Crippen LogP contribution in [-0.2, 0) is 11.3 Å². The molecule has 3 aromatic rings. The average Bonchev–Trinajstić information content (AvgIpc) is 2.94. The summed E-state index contributed by atoms with van der Waals surface area (Å²) in [4.78, 5) is 25.9. The quantitative estimate of drug-likeness (QED) is 0.773. The predicted octanol–water partition coefficient (Wildman–Crippen LogP) is 3.41. The molecule has 0 aliphatic carbocycles. The lowest BCUT2D eigenvalue weighted by Gasteiger charge is -2.12. The van der Waals surface area contributed by atoms with Crippen LogP contribution in [-0.4, -0.2) is 17.1 Å². The number of nitrogens with one attached hydrogen (secondary N) is 1. The van der Waals surface area contributed by atoms with Gasteiger partial charge in [0.15, 0.2) is 0 Å². The number of benzene rings is 1. The van der Waals surface area contributed by atoms with Crippen LogP contribution in [0.15, 0.2) is 47.4 Å². The molecule has 0 aliphatic rings. The molecule has 0 unspecified atom stereocenters. The van der Waals surface area contributed by atoms with E-state index in [9.17, 15) is 9.59 Å². The summed E-state index contributed by atoms with van der Waals surface area (Å²) in [5.74, 6) is 0.347. The lowest BCUT2D eigenvalue weighted by atomic mass is 10.3. The van der Waals surface area contributed by atoms with Gasteiger partial charge in [0.25, 0.3) is 5.56 Å². The zero-order valence-electron chi connectivity index (χ0n) is 13.5. The fourth-order valence-corrected chi connectivity index (χ4v) is 3.43. The Kier molecular flexibility index (Phi) is 4.66. The van der Waals surface area contributed by atoms with Gasteiger partial charge in [-0.15, -0.1) is 11.3 Å². The van der Waals surface area contributed by atoms with E-state index < -0.39 is 0 Å². The third kappa shape index (κ3) is 3.33. The Hall–Kier alpha value is -2.60. The summed E-state index contributed by atoms with van der Waals surface area (Å²) in [7, 11) is 0. The van der Waals surface area contributed by atoms with Gasteiger partial charge in [-0.2, -0.15) is 0 Å². The zero-order valence-corrected chi connectivity index (χ0v) is 14.4. The molecule has 124 valence electrons.